The molecule has 0 fully saturated rings. The van der Waals surface area contributed by atoms with Crippen LogP contribution in [0.2, 0.25) is 0 Å². The van der Waals surface area contributed by atoms with Gasteiger partial charge >= 0.3 is 0 Å². The van der Waals surface area contributed by atoms with Gasteiger partial charge in [0.25, 0.3) is 0 Å². The van der Waals surface area contributed by atoms with Crippen LogP contribution in [0.25, 0.3) is 99.5 Å². The minimum Gasteiger partial charge on any atom is -0.310 e. The van der Waals surface area contributed by atoms with Crippen LogP contribution in [-0.2, 0) is 0 Å². The molecule has 0 amide bonds. The fourth-order valence-corrected chi connectivity index (χ4v) is 10.6. The predicted molar refractivity (Wildman–Crippen MR) is 294 cm³/mol. The van der Waals surface area contributed by atoms with E-state index in [0.29, 0.717) is 0 Å². The Morgan fingerprint density at radius 2 is 0.698 bits per heavy atom. The summed E-state index contributed by atoms with van der Waals surface area (Å²) in [6, 6.07) is 64.5. The van der Waals surface area contributed by atoms with Crippen molar-refractivity contribution < 1.29 is 0 Å². The third-order valence-electron chi connectivity index (χ3n) is 14.2. The second-order valence-corrected chi connectivity index (χ2v) is 17.5. The summed E-state index contributed by atoms with van der Waals surface area (Å²) in [5.74, 6) is 0. The fraction of sp³-hybridized carbons (Fsp3) is 0. The molecule has 63 heavy (non-hydrogen) atoms. The molecule has 0 aliphatic rings. The molecule has 0 bridgehead atoms. The first-order valence-corrected chi connectivity index (χ1v) is 22.2. The first kappa shape index (κ1) is 38.9. The number of aromatic nitrogens is 2. The smallest absolute Gasteiger partial charge is 0.141 e. The van der Waals surface area contributed by atoms with E-state index in [-0.39, 0.29) is 0 Å². The van der Waals surface area contributed by atoms with E-state index in [0.717, 1.165) is 0 Å². The standard InChI is InChI=1S/C54H43B7N2/c55-46-43(34-22-24-42-40(29-34)39-28-33(30-13-5-1-6-14-30)21-23-41(39)62(42)37-19-11-4-12-20-37)47(56)51(60)53-44(46)45-48(57)49(58)50(59)52(61)54(45)63(53)38-26-35(31-15-7-2-8-16-31)25-36(27-38)32-17-9-3-10-18-32/h1-29H,55-61H2. The highest BCUT2D eigenvalue weighted by Crippen LogP contribution is 2.39. The average Bonchev–Trinajstić information content (AvgIpc) is 3.87. The van der Waals surface area contributed by atoms with Crippen molar-refractivity contribution in [2.75, 3.05) is 0 Å². The molecule has 0 saturated heterocycles. The van der Waals surface area contributed by atoms with Crippen LogP contribution in [0, 0.1) is 0 Å². The molecular weight excluding hydrogens is 752 g/mol. The third-order valence-corrected chi connectivity index (χ3v) is 14.2. The van der Waals surface area contributed by atoms with Crippen LogP contribution >= 0.6 is 0 Å². The van der Waals surface area contributed by atoms with Crippen LogP contribution < -0.4 is 38.2 Å². The van der Waals surface area contributed by atoms with Crippen molar-refractivity contribution >= 4 is 137 Å². The number of para-hydroxylation sites is 1. The summed E-state index contributed by atoms with van der Waals surface area (Å²) in [7, 11) is 16.3. The Balaban J connectivity index is 1.22. The zero-order valence-electron chi connectivity index (χ0n) is 37.1. The highest BCUT2D eigenvalue weighted by atomic mass is 15.0. The molecule has 0 aliphatic heterocycles. The summed E-state index contributed by atoms with van der Waals surface area (Å²) in [6.45, 7) is 0. The van der Waals surface area contributed by atoms with E-state index in [2.05, 4.69) is 240 Å². The molecule has 0 saturated carbocycles. The van der Waals surface area contributed by atoms with Gasteiger partial charge in [-0.05, 0) is 104 Å². The van der Waals surface area contributed by atoms with Gasteiger partial charge in [-0.2, -0.15) is 0 Å². The van der Waals surface area contributed by atoms with Gasteiger partial charge in [-0.1, -0.05) is 154 Å². The van der Waals surface area contributed by atoms with Crippen LogP contribution in [0.3, 0.4) is 0 Å². The Labute approximate surface area is 375 Å². The number of nitrogens with zero attached hydrogens (tertiary/aromatic N) is 2. The molecule has 0 atom stereocenters. The van der Waals surface area contributed by atoms with E-state index >= 15 is 0 Å². The molecule has 0 radical (unpaired) electrons. The molecule has 0 N–H and O–H groups in total. The van der Waals surface area contributed by atoms with Crippen LogP contribution in [0.1, 0.15) is 0 Å². The second-order valence-electron chi connectivity index (χ2n) is 17.5. The van der Waals surface area contributed by atoms with Crippen molar-refractivity contribution in [3.8, 4) is 55.9 Å². The average molecular weight is 796 g/mol. The summed E-state index contributed by atoms with van der Waals surface area (Å²) in [5, 5.41) is 5.21. The SMILES string of the molecule is Bc1c(B)c(B)c2c(c1B)c1c(B)c(-c3ccc4c(c3)c3cc(-c5ccccc5)ccc3n4-c3ccccc3)c(B)c(B)c1n2-c1cc(-c2ccccc2)cc(-c2ccccc2)c1. The van der Waals surface area contributed by atoms with E-state index in [1.54, 1.807) is 0 Å². The highest BCUT2D eigenvalue weighted by molar-refractivity contribution is 6.69. The molecule has 11 aromatic rings. The van der Waals surface area contributed by atoms with Crippen LogP contribution in [-0.4, -0.2) is 64.1 Å². The Morgan fingerprint density at radius 1 is 0.270 bits per heavy atom. The number of fused-ring (bicyclic) bond motifs is 6. The van der Waals surface area contributed by atoms with Gasteiger partial charge in [-0.3, -0.25) is 0 Å². The zero-order valence-corrected chi connectivity index (χ0v) is 37.1. The molecule has 0 unspecified atom stereocenters. The summed E-state index contributed by atoms with van der Waals surface area (Å²) in [5.41, 5.74) is 26.6. The largest absolute Gasteiger partial charge is 0.310 e. The van der Waals surface area contributed by atoms with E-state index in [4.69, 9.17) is 0 Å². The Hall–Kier alpha value is -6.97. The molecule has 2 heterocycles. The highest BCUT2D eigenvalue weighted by Gasteiger charge is 2.26. The maximum atomic E-state index is 2.61. The number of benzene rings is 9. The molecule has 2 aromatic heterocycles. The van der Waals surface area contributed by atoms with Gasteiger partial charge in [0.15, 0.2) is 0 Å². The molecule has 0 aliphatic carbocycles. The first-order chi connectivity index (χ1) is 30.7. The van der Waals surface area contributed by atoms with Crippen molar-refractivity contribution in [1.82, 2.24) is 9.13 Å². The van der Waals surface area contributed by atoms with E-state index in [1.165, 1.54) is 138 Å². The van der Waals surface area contributed by atoms with Crippen LogP contribution in [0.15, 0.2) is 176 Å². The van der Waals surface area contributed by atoms with Gasteiger partial charge in [0.05, 0.1) is 11.0 Å². The molecule has 2 nitrogen and oxygen atoms in total. The van der Waals surface area contributed by atoms with Crippen molar-refractivity contribution in [3.05, 3.63) is 176 Å². The molecular formula is C54H43B7N2. The minimum atomic E-state index is 1.17. The number of hydrogen-bond donors (Lipinski definition) is 0. The van der Waals surface area contributed by atoms with Crippen molar-refractivity contribution in [1.29, 1.82) is 0 Å². The van der Waals surface area contributed by atoms with Gasteiger partial charge in [-0.25, -0.2) is 0 Å². The Morgan fingerprint density at radius 3 is 1.24 bits per heavy atom. The number of rotatable bonds is 6. The summed E-state index contributed by atoms with van der Waals surface area (Å²) in [6.07, 6.45) is 0. The maximum absolute atomic E-state index is 2.61. The Bertz CT molecular complexity index is 3560. The molecule has 11 rings (SSSR count). The summed E-state index contributed by atoms with van der Waals surface area (Å²) >= 11 is 0. The minimum absolute atomic E-state index is 1.17. The van der Waals surface area contributed by atoms with Gasteiger partial charge < -0.3 is 9.13 Å². The third kappa shape index (κ3) is 6.12. The molecule has 290 valence electrons. The second kappa shape index (κ2) is 15.1. The molecule has 9 heteroatoms. The lowest BCUT2D eigenvalue weighted by Gasteiger charge is -2.20. The topological polar surface area (TPSA) is 9.86 Å². The monoisotopic (exact) mass is 796 g/mol. The maximum Gasteiger partial charge on any atom is 0.141 e. The zero-order chi connectivity index (χ0) is 43.1. The van der Waals surface area contributed by atoms with Crippen molar-refractivity contribution in [2.24, 2.45) is 0 Å². The van der Waals surface area contributed by atoms with E-state index < -0.39 is 0 Å². The first-order valence-electron chi connectivity index (χ1n) is 22.2. The normalized spacial score (nSPS) is 11.6. The quantitative estimate of drug-likeness (QED) is 0.229. The van der Waals surface area contributed by atoms with Crippen LogP contribution in [0.5, 0.6) is 0 Å². The van der Waals surface area contributed by atoms with Gasteiger partial charge in [0.1, 0.15) is 54.9 Å². The predicted octanol–water partition coefficient (Wildman–Crippen LogP) is 2.36. The fourth-order valence-electron chi connectivity index (χ4n) is 10.6. The van der Waals surface area contributed by atoms with Crippen molar-refractivity contribution in [3.63, 3.8) is 0 Å². The van der Waals surface area contributed by atoms with Gasteiger partial charge in [0, 0.05) is 38.6 Å². The van der Waals surface area contributed by atoms with Crippen LogP contribution in [0.4, 0.5) is 0 Å². The Kier molecular flexibility index (Phi) is 9.35. The lowest BCUT2D eigenvalue weighted by Crippen LogP contribution is -2.48. The molecule has 0 spiro atoms. The lowest BCUT2D eigenvalue weighted by molar-refractivity contribution is 1.18. The summed E-state index contributed by atoms with van der Waals surface area (Å²) < 4.78 is 5.04. The molecule has 9 aromatic carbocycles. The lowest BCUT2D eigenvalue weighted by atomic mass is 9.64. The number of hydrogen-bond acceptors (Lipinski definition) is 0. The van der Waals surface area contributed by atoms with Crippen molar-refractivity contribution in [2.45, 2.75) is 0 Å². The van der Waals surface area contributed by atoms with Gasteiger partial charge in [0.2, 0.25) is 0 Å². The van der Waals surface area contributed by atoms with Gasteiger partial charge in [-0.15, -0.1) is 5.46 Å². The van der Waals surface area contributed by atoms with E-state index in [9.17, 15) is 0 Å². The summed E-state index contributed by atoms with van der Waals surface area (Å²) in [4.78, 5) is 0. The van der Waals surface area contributed by atoms with E-state index in [1.807, 2.05) is 0 Å².